The van der Waals surface area contributed by atoms with Gasteiger partial charge in [-0.1, -0.05) is 17.7 Å². The Bertz CT molecular complexity index is 644. The van der Waals surface area contributed by atoms with Gasteiger partial charge in [0, 0.05) is 11.1 Å². The van der Waals surface area contributed by atoms with Gasteiger partial charge in [0.2, 0.25) is 0 Å². The summed E-state index contributed by atoms with van der Waals surface area (Å²) in [6.45, 7) is 0. The molecule has 0 unspecified atom stereocenters. The molecule has 104 valence electrons. The Morgan fingerprint density at radius 3 is 2.55 bits per heavy atom. The molecule has 0 N–H and O–H groups in total. The number of aldehydes is 1. The lowest BCUT2D eigenvalue weighted by Crippen LogP contribution is -2.17. The maximum atomic E-state index is 12.2. The second-order valence-corrected chi connectivity index (χ2v) is 4.15. The molecule has 1 aromatic carbocycles. The molecular weight excluding hydrogens is 295 g/mol. The third kappa shape index (κ3) is 3.48. The van der Waals surface area contributed by atoms with E-state index in [4.69, 9.17) is 11.6 Å². The minimum Gasteiger partial charge on any atom is -0.406 e. The second kappa shape index (κ2) is 5.50. The molecular formula is C13H7ClF3NO2. The molecule has 0 saturated carbocycles. The molecule has 0 aliphatic rings. The van der Waals surface area contributed by atoms with Crippen LogP contribution in [0.2, 0.25) is 5.15 Å². The first-order valence-corrected chi connectivity index (χ1v) is 5.75. The summed E-state index contributed by atoms with van der Waals surface area (Å²) in [5.74, 6) is -0.431. The van der Waals surface area contributed by atoms with Gasteiger partial charge in [0.25, 0.3) is 0 Å². The Hall–Kier alpha value is -2.08. The van der Waals surface area contributed by atoms with Crippen LogP contribution in [0, 0.1) is 0 Å². The first-order chi connectivity index (χ1) is 9.39. The third-order valence-corrected chi connectivity index (χ3v) is 2.59. The van der Waals surface area contributed by atoms with E-state index in [1.807, 2.05) is 0 Å². The van der Waals surface area contributed by atoms with Gasteiger partial charge >= 0.3 is 6.36 Å². The Labute approximate surface area is 117 Å². The number of halogens is 4. The molecule has 1 aromatic heterocycles. The fraction of sp³-hybridized carbons (Fsp3) is 0.0769. The fourth-order valence-corrected chi connectivity index (χ4v) is 1.78. The number of hydrogen-bond acceptors (Lipinski definition) is 3. The SMILES string of the molecule is O=Cc1ccc(OC(F)(F)F)cc1-c1cccc(Cl)n1. The van der Waals surface area contributed by atoms with Gasteiger partial charge in [-0.3, -0.25) is 4.79 Å². The van der Waals surface area contributed by atoms with Crippen LogP contribution in [0.25, 0.3) is 11.3 Å². The lowest BCUT2D eigenvalue weighted by Gasteiger charge is -2.11. The highest BCUT2D eigenvalue weighted by molar-refractivity contribution is 6.29. The molecule has 2 rings (SSSR count). The van der Waals surface area contributed by atoms with Crippen molar-refractivity contribution in [2.24, 2.45) is 0 Å². The van der Waals surface area contributed by atoms with Crippen molar-refractivity contribution in [3.63, 3.8) is 0 Å². The van der Waals surface area contributed by atoms with Crippen molar-refractivity contribution in [3.05, 3.63) is 47.1 Å². The van der Waals surface area contributed by atoms with Gasteiger partial charge < -0.3 is 4.74 Å². The second-order valence-electron chi connectivity index (χ2n) is 3.76. The van der Waals surface area contributed by atoms with Crippen molar-refractivity contribution in [1.82, 2.24) is 4.98 Å². The highest BCUT2D eigenvalue weighted by Crippen LogP contribution is 2.30. The molecule has 0 spiro atoms. The van der Waals surface area contributed by atoms with E-state index in [-0.39, 0.29) is 22.0 Å². The molecule has 7 heteroatoms. The summed E-state index contributed by atoms with van der Waals surface area (Å²) in [5, 5.41) is 0.168. The number of ether oxygens (including phenoxy) is 1. The lowest BCUT2D eigenvalue weighted by atomic mass is 10.0. The van der Waals surface area contributed by atoms with Gasteiger partial charge in [-0.25, -0.2) is 4.98 Å². The highest BCUT2D eigenvalue weighted by atomic mass is 35.5. The van der Waals surface area contributed by atoms with Crippen LogP contribution in [-0.4, -0.2) is 17.6 Å². The summed E-state index contributed by atoms with van der Waals surface area (Å²) >= 11 is 5.73. The van der Waals surface area contributed by atoms with Crippen LogP contribution >= 0.6 is 11.6 Å². The van der Waals surface area contributed by atoms with E-state index in [2.05, 4.69) is 9.72 Å². The first-order valence-electron chi connectivity index (χ1n) is 5.37. The predicted molar refractivity (Wildman–Crippen MR) is 66.8 cm³/mol. The zero-order chi connectivity index (χ0) is 14.8. The van der Waals surface area contributed by atoms with Crippen molar-refractivity contribution in [3.8, 4) is 17.0 Å². The van der Waals surface area contributed by atoms with E-state index < -0.39 is 12.1 Å². The average molecular weight is 302 g/mol. The summed E-state index contributed by atoms with van der Waals surface area (Å²) in [7, 11) is 0. The normalized spacial score (nSPS) is 11.2. The minimum absolute atomic E-state index is 0.168. The first kappa shape index (κ1) is 14.3. The van der Waals surface area contributed by atoms with E-state index in [0.29, 0.717) is 6.29 Å². The fourth-order valence-electron chi connectivity index (χ4n) is 1.62. The highest BCUT2D eigenvalue weighted by Gasteiger charge is 2.31. The molecule has 2 aromatic rings. The molecule has 0 atom stereocenters. The zero-order valence-corrected chi connectivity index (χ0v) is 10.6. The Kier molecular flexibility index (Phi) is 3.94. The molecule has 0 amide bonds. The lowest BCUT2D eigenvalue weighted by molar-refractivity contribution is -0.274. The van der Waals surface area contributed by atoms with Crippen LogP contribution in [-0.2, 0) is 0 Å². The molecule has 0 aliphatic heterocycles. The van der Waals surface area contributed by atoms with E-state index in [0.717, 1.165) is 12.1 Å². The zero-order valence-electron chi connectivity index (χ0n) is 9.82. The van der Waals surface area contributed by atoms with E-state index in [1.54, 1.807) is 6.07 Å². The number of benzene rings is 1. The summed E-state index contributed by atoms with van der Waals surface area (Å²) in [6, 6.07) is 8.01. The minimum atomic E-state index is -4.80. The summed E-state index contributed by atoms with van der Waals surface area (Å²) in [5.41, 5.74) is 0.686. The number of aromatic nitrogens is 1. The van der Waals surface area contributed by atoms with Crippen LogP contribution in [0.5, 0.6) is 5.75 Å². The molecule has 0 bridgehead atoms. The number of nitrogens with zero attached hydrogens (tertiary/aromatic N) is 1. The molecule has 0 fully saturated rings. The average Bonchev–Trinajstić information content (AvgIpc) is 2.37. The molecule has 20 heavy (non-hydrogen) atoms. The Morgan fingerprint density at radius 2 is 1.95 bits per heavy atom. The van der Waals surface area contributed by atoms with Crippen LogP contribution in [0.3, 0.4) is 0 Å². The third-order valence-electron chi connectivity index (χ3n) is 2.38. The van der Waals surface area contributed by atoms with Crippen LogP contribution in [0.4, 0.5) is 13.2 Å². The number of pyridine rings is 1. The van der Waals surface area contributed by atoms with Crippen molar-refractivity contribution < 1.29 is 22.7 Å². The molecule has 1 heterocycles. The standard InChI is InChI=1S/C13H7ClF3NO2/c14-12-3-1-2-11(18-12)10-6-9(20-13(15,16)17)5-4-8(10)7-19/h1-7H. The molecule has 3 nitrogen and oxygen atoms in total. The van der Waals surface area contributed by atoms with Gasteiger partial charge in [0.05, 0.1) is 5.69 Å². The monoisotopic (exact) mass is 301 g/mol. The van der Waals surface area contributed by atoms with E-state index in [9.17, 15) is 18.0 Å². The van der Waals surface area contributed by atoms with Crippen LogP contribution in [0.1, 0.15) is 10.4 Å². The summed E-state index contributed by atoms with van der Waals surface area (Å²) in [4.78, 5) is 14.9. The molecule has 0 aliphatic carbocycles. The Balaban J connectivity index is 2.49. The van der Waals surface area contributed by atoms with Crippen molar-refractivity contribution in [2.45, 2.75) is 6.36 Å². The van der Waals surface area contributed by atoms with Gasteiger partial charge in [0.1, 0.15) is 10.9 Å². The van der Waals surface area contributed by atoms with Gasteiger partial charge in [-0.2, -0.15) is 0 Å². The number of alkyl halides is 3. The van der Waals surface area contributed by atoms with Crippen LogP contribution < -0.4 is 4.74 Å². The molecule has 0 saturated heterocycles. The van der Waals surface area contributed by atoms with Crippen molar-refractivity contribution in [2.75, 3.05) is 0 Å². The van der Waals surface area contributed by atoms with Crippen LogP contribution in [0.15, 0.2) is 36.4 Å². The largest absolute Gasteiger partial charge is 0.573 e. The van der Waals surface area contributed by atoms with Crippen molar-refractivity contribution >= 4 is 17.9 Å². The smallest absolute Gasteiger partial charge is 0.406 e. The Morgan fingerprint density at radius 1 is 1.20 bits per heavy atom. The van der Waals surface area contributed by atoms with Gasteiger partial charge in [-0.05, 0) is 30.3 Å². The number of hydrogen-bond donors (Lipinski definition) is 0. The maximum absolute atomic E-state index is 12.2. The van der Waals surface area contributed by atoms with Gasteiger partial charge in [0.15, 0.2) is 6.29 Å². The molecule has 0 radical (unpaired) electrons. The summed E-state index contributed by atoms with van der Waals surface area (Å²) in [6.07, 6.45) is -4.28. The quantitative estimate of drug-likeness (QED) is 0.632. The van der Waals surface area contributed by atoms with Gasteiger partial charge in [-0.15, -0.1) is 13.2 Å². The number of carbonyl (C=O) groups excluding carboxylic acids is 1. The van der Waals surface area contributed by atoms with E-state index >= 15 is 0 Å². The number of carbonyl (C=O) groups is 1. The predicted octanol–water partition coefficient (Wildman–Crippen LogP) is 4.11. The summed E-state index contributed by atoms with van der Waals surface area (Å²) < 4.78 is 40.4. The number of rotatable bonds is 3. The topological polar surface area (TPSA) is 39.2 Å². The van der Waals surface area contributed by atoms with Crippen molar-refractivity contribution in [1.29, 1.82) is 0 Å². The maximum Gasteiger partial charge on any atom is 0.573 e. The van der Waals surface area contributed by atoms with E-state index in [1.165, 1.54) is 18.2 Å².